The largest absolute Gasteiger partial charge is 0.481 e. The summed E-state index contributed by atoms with van der Waals surface area (Å²) in [6, 6.07) is 0. The first-order chi connectivity index (χ1) is 16.6. The lowest BCUT2D eigenvalue weighted by molar-refractivity contribution is -0.144. The average Bonchev–Trinajstić information content (AvgIpc) is 2.82. The molecule has 0 saturated heterocycles. The van der Waals surface area contributed by atoms with Gasteiger partial charge in [-0.2, -0.15) is 0 Å². The van der Waals surface area contributed by atoms with Gasteiger partial charge in [-0.15, -0.1) is 11.6 Å². The second kappa shape index (κ2) is 26.8. The third-order valence-corrected chi connectivity index (χ3v) is 6.61. The van der Waals surface area contributed by atoms with Gasteiger partial charge in [-0.1, -0.05) is 84.0 Å². The zero-order valence-electron chi connectivity index (χ0n) is 22.2. The third kappa shape index (κ3) is 25.8. The molecule has 0 unspecified atom stereocenters. The molecule has 0 aliphatic rings. The van der Waals surface area contributed by atoms with Gasteiger partial charge in [-0.3, -0.25) is 9.59 Å². The van der Waals surface area contributed by atoms with E-state index in [9.17, 15) is 9.59 Å². The van der Waals surface area contributed by atoms with Crippen molar-refractivity contribution in [1.29, 1.82) is 0 Å². The number of halogens is 1. The Kier molecular flexibility index (Phi) is 26.2. The predicted molar refractivity (Wildman–Crippen MR) is 144 cm³/mol. The monoisotopic (exact) mass is 503 g/mol. The fourth-order valence-electron chi connectivity index (χ4n) is 4.21. The smallest absolute Gasteiger partial charge is 0.305 e. The lowest BCUT2D eigenvalue weighted by Crippen LogP contribution is -2.27. The van der Waals surface area contributed by atoms with Crippen LogP contribution in [-0.2, 0) is 14.3 Å². The van der Waals surface area contributed by atoms with Crippen molar-refractivity contribution in [2.75, 3.05) is 32.1 Å². The van der Waals surface area contributed by atoms with Gasteiger partial charge >= 0.3 is 11.9 Å². The number of nitrogens with zero attached hydrogens (tertiary/aromatic N) is 1. The van der Waals surface area contributed by atoms with Crippen LogP contribution in [-0.4, -0.2) is 54.1 Å². The third-order valence-electron chi connectivity index (χ3n) is 6.34. The highest BCUT2D eigenvalue weighted by Crippen LogP contribution is 2.11. The molecule has 0 bridgehead atoms. The van der Waals surface area contributed by atoms with Crippen LogP contribution in [0.5, 0.6) is 0 Å². The quantitative estimate of drug-likeness (QED) is 0.0698. The van der Waals surface area contributed by atoms with Crippen LogP contribution in [0.15, 0.2) is 0 Å². The number of carboxylic acids is 1. The molecule has 0 atom stereocenters. The van der Waals surface area contributed by atoms with Gasteiger partial charge in [-0.25, -0.2) is 0 Å². The molecule has 1 N–H and O–H groups in total. The maximum atomic E-state index is 11.9. The molecule has 0 aliphatic carbocycles. The molecule has 0 aromatic heterocycles. The van der Waals surface area contributed by atoms with Crippen LogP contribution in [0.4, 0.5) is 0 Å². The molecule has 0 aromatic rings. The normalized spacial score (nSPS) is 11.3. The van der Waals surface area contributed by atoms with E-state index in [-0.39, 0.29) is 12.4 Å². The number of aliphatic carboxylic acids is 1. The van der Waals surface area contributed by atoms with Crippen LogP contribution in [0.1, 0.15) is 135 Å². The molecular formula is C28H54ClNO4. The van der Waals surface area contributed by atoms with E-state index in [1.807, 2.05) is 0 Å². The summed E-state index contributed by atoms with van der Waals surface area (Å²) in [6.07, 6.45) is 21.6. The molecule has 0 amide bonds. The standard InChI is InChI=1S/C28H54ClNO4/c1-2-3-4-5-6-7-8-12-18-26-34-28(33)21-15-13-17-24-30(25-19-22-29)23-16-11-9-10-14-20-27(31)32/h2-26H2,1H3,(H,31,32). The van der Waals surface area contributed by atoms with Gasteiger partial charge in [0.2, 0.25) is 0 Å². The summed E-state index contributed by atoms with van der Waals surface area (Å²) in [6.45, 7) is 6.00. The van der Waals surface area contributed by atoms with Gasteiger partial charge in [0, 0.05) is 18.7 Å². The zero-order chi connectivity index (χ0) is 25.1. The first-order valence-electron chi connectivity index (χ1n) is 14.3. The minimum Gasteiger partial charge on any atom is -0.481 e. The maximum Gasteiger partial charge on any atom is 0.305 e. The molecule has 0 aromatic carbocycles. The van der Waals surface area contributed by atoms with Crippen LogP contribution >= 0.6 is 11.6 Å². The van der Waals surface area contributed by atoms with Crippen LogP contribution in [0.2, 0.25) is 0 Å². The maximum absolute atomic E-state index is 11.9. The minimum absolute atomic E-state index is 0.0403. The van der Waals surface area contributed by atoms with Crippen LogP contribution in [0.25, 0.3) is 0 Å². The van der Waals surface area contributed by atoms with Crippen molar-refractivity contribution < 1.29 is 19.4 Å². The molecule has 0 spiro atoms. The Bertz CT molecular complexity index is 462. The number of hydrogen-bond acceptors (Lipinski definition) is 4. The van der Waals surface area contributed by atoms with Crippen molar-refractivity contribution in [3.05, 3.63) is 0 Å². The molecule has 0 saturated carbocycles. The SMILES string of the molecule is CCCCCCCCCCCOC(=O)CCCCCN(CCCCl)CCCCCCCC(=O)O. The molecule has 34 heavy (non-hydrogen) atoms. The second-order valence-corrected chi connectivity index (χ2v) is 10.0. The number of esters is 1. The Morgan fingerprint density at radius 3 is 1.71 bits per heavy atom. The number of ether oxygens (including phenoxy) is 1. The molecule has 0 rings (SSSR count). The lowest BCUT2D eigenvalue weighted by Gasteiger charge is -2.22. The fourth-order valence-corrected chi connectivity index (χ4v) is 4.33. The summed E-state index contributed by atoms with van der Waals surface area (Å²) in [5.74, 6) is -0.0444. The van der Waals surface area contributed by atoms with E-state index < -0.39 is 5.97 Å². The Morgan fingerprint density at radius 2 is 1.12 bits per heavy atom. The van der Waals surface area contributed by atoms with Gasteiger partial charge in [0.1, 0.15) is 0 Å². The van der Waals surface area contributed by atoms with Crippen LogP contribution in [0.3, 0.4) is 0 Å². The lowest BCUT2D eigenvalue weighted by atomic mass is 10.1. The number of hydrogen-bond donors (Lipinski definition) is 1. The molecular weight excluding hydrogens is 450 g/mol. The van der Waals surface area contributed by atoms with E-state index >= 15 is 0 Å². The number of carbonyl (C=O) groups is 2. The van der Waals surface area contributed by atoms with E-state index in [1.54, 1.807) is 0 Å². The second-order valence-electron chi connectivity index (χ2n) is 9.66. The number of carbonyl (C=O) groups excluding carboxylic acids is 1. The van der Waals surface area contributed by atoms with Crippen molar-refractivity contribution in [3.63, 3.8) is 0 Å². The number of rotatable bonds is 27. The van der Waals surface area contributed by atoms with Gasteiger partial charge < -0.3 is 14.7 Å². The molecule has 0 radical (unpaired) electrons. The summed E-state index contributed by atoms with van der Waals surface area (Å²) in [5, 5.41) is 8.68. The van der Waals surface area contributed by atoms with Gasteiger partial charge in [0.15, 0.2) is 0 Å². The van der Waals surface area contributed by atoms with E-state index in [0.29, 0.717) is 18.9 Å². The molecule has 0 heterocycles. The summed E-state index contributed by atoms with van der Waals surface area (Å²) in [5.41, 5.74) is 0. The number of unbranched alkanes of at least 4 members (excludes halogenated alkanes) is 14. The van der Waals surface area contributed by atoms with Crippen LogP contribution < -0.4 is 0 Å². The van der Waals surface area contributed by atoms with Crippen molar-refractivity contribution in [2.45, 2.75) is 135 Å². The summed E-state index contributed by atoms with van der Waals surface area (Å²) >= 11 is 5.88. The summed E-state index contributed by atoms with van der Waals surface area (Å²) in [4.78, 5) is 25.0. The summed E-state index contributed by atoms with van der Waals surface area (Å²) < 4.78 is 5.39. The molecule has 6 heteroatoms. The van der Waals surface area contributed by atoms with Gasteiger partial charge in [0.25, 0.3) is 0 Å². The molecule has 0 aliphatic heterocycles. The Morgan fingerprint density at radius 1 is 0.647 bits per heavy atom. The predicted octanol–water partition coefficient (Wildman–Crippen LogP) is 7.98. The highest BCUT2D eigenvalue weighted by Gasteiger charge is 2.06. The zero-order valence-corrected chi connectivity index (χ0v) is 22.9. The average molecular weight is 504 g/mol. The van der Waals surface area contributed by atoms with Gasteiger partial charge in [0.05, 0.1) is 6.61 Å². The van der Waals surface area contributed by atoms with Crippen molar-refractivity contribution in [1.82, 2.24) is 4.90 Å². The van der Waals surface area contributed by atoms with E-state index in [1.165, 1.54) is 51.4 Å². The van der Waals surface area contributed by atoms with Crippen LogP contribution in [0, 0.1) is 0 Å². The topological polar surface area (TPSA) is 66.8 Å². The van der Waals surface area contributed by atoms with E-state index in [2.05, 4.69) is 11.8 Å². The van der Waals surface area contributed by atoms with Crippen molar-refractivity contribution >= 4 is 23.5 Å². The molecule has 5 nitrogen and oxygen atoms in total. The first kappa shape index (κ1) is 33.2. The van der Waals surface area contributed by atoms with E-state index in [0.717, 1.165) is 83.8 Å². The molecule has 0 fully saturated rings. The minimum atomic E-state index is -0.695. The molecule has 202 valence electrons. The number of alkyl halides is 1. The Labute approximate surface area is 215 Å². The highest BCUT2D eigenvalue weighted by molar-refractivity contribution is 6.17. The fraction of sp³-hybridized carbons (Fsp3) is 0.929. The van der Waals surface area contributed by atoms with E-state index in [4.69, 9.17) is 21.4 Å². The first-order valence-corrected chi connectivity index (χ1v) is 14.8. The Hall–Kier alpha value is -0.810. The summed E-state index contributed by atoms with van der Waals surface area (Å²) in [7, 11) is 0. The highest BCUT2D eigenvalue weighted by atomic mass is 35.5. The van der Waals surface area contributed by atoms with Crippen molar-refractivity contribution in [3.8, 4) is 0 Å². The Balaban J connectivity index is 3.61. The number of carboxylic acid groups (broad SMARTS) is 1. The van der Waals surface area contributed by atoms with Gasteiger partial charge in [-0.05, 0) is 58.2 Å². The van der Waals surface area contributed by atoms with Crippen molar-refractivity contribution in [2.24, 2.45) is 0 Å².